The van der Waals surface area contributed by atoms with Crippen LogP contribution in [0.4, 0.5) is 20.8 Å². The van der Waals surface area contributed by atoms with Gasteiger partial charge in [0.05, 0.1) is 39.0 Å². The zero-order chi connectivity index (χ0) is 31.6. The number of carbonyl (C=O) groups is 2. The number of fused-ring (bicyclic) bond motifs is 2. The minimum Gasteiger partial charge on any atom is -0.467 e. The van der Waals surface area contributed by atoms with Gasteiger partial charge in [0.15, 0.2) is 11.2 Å². The van der Waals surface area contributed by atoms with Crippen LogP contribution in [0.15, 0.2) is 35.4 Å². The largest absolute Gasteiger partial charge is 0.467 e. The Morgan fingerprint density at radius 2 is 2.00 bits per heavy atom. The third-order valence-corrected chi connectivity index (χ3v) is 7.61. The van der Waals surface area contributed by atoms with Crippen molar-refractivity contribution in [3.8, 4) is 0 Å². The zero-order valence-corrected chi connectivity index (χ0v) is 21.7. The average Bonchev–Trinajstić information content (AvgIpc) is 3.62. The second-order valence-electron chi connectivity index (χ2n) is 9.98. The maximum atomic E-state index is 14.0. The van der Waals surface area contributed by atoms with E-state index in [1.165, 1.54) is 41.9 Å². The summed E-state index contributed by atoms with van der Waals surface area (Å²) < 4.78 is 59.5. The van der Waals surface area contributed by atoms with Gasteiger partial charge in [0, 0.05) is 47.4 Å². The molecule has 4 heterocycles. The Kier molecular flexibility index (Phi) is 5.13. The number of hydrogen-bond acceptors (Lipinski definition) is 9. The smallest absolute Gasteiger partial charge is 0.407 e. The van der Waals surface area contributed by atoms with Crippen molar-refractivity contribution < 1.29 is 28.9 Å². The molecule has 0 spiro atoms. The summed E-state index contributed by atoms with van der Waals surface area (Å²) in [5.74, 6) is -0.102. The van der Waals surface area contributed by atoms with E-state index in [0.717, 1.165) is 0 Å². The number of esters is 1. The highest BCUT2D eigenvalue weighted by Gasteiger charge is 2.55. The zero-order valence-electron chi connectivity index (χ0n) is 25.7. The van der Waals surface area contributed by atoms with Gasteiger partial charge in [0.2, 0.25) is 0 Å². The van der Waals surface area contributed by atoms with Crippen LogP contribution in [0.5, 0.6) is 0 Å². The molecule has 1 amide bonds. The third-order valence-electron chi connectivity index (χ3n) is 7.61. The number of hydrogen-bond donors (Lipinski definition) is 2. The van der Waals surface area contributed by atoms with Gasteiger partial charge in [-0.3, -0.25) is 9.13 Å². The minimum absolute atomic E-state index is 0.0388. The fraction of sp³-hybridized carbons (Fsp3) is 0.462. The number of aromatic nitrogens is 6. The molecule has 0 aliphatic heterocycles. The number of pyridine rings is 2. The van der Waals surface area contributed by atoms with Gasteiger partial charge < -0.3 is 20.1 Å². The van der Waals surface area contributed by atoms with Crippen LogP contribution in [-0.2, 0) is 26.8 Å². The standard InChI is InChI=1S/C26H29FN8O5/c1-33-19-13-28-21(9-18(19)34(25(33)38)17-6-5-16(8-17)30-24(37)40-3)31-20-7-4-14-12-29-35(22(14)32-20)26(23(36)39-2)10-15(27)11-26/h4,7,9,12-13,15-17H,5-6,8,10-11H2,1-3H3,(H,30,37)(H,28,31,32)/t15?,16-,17-,26?/m1/s1/i1D3,16D. The highest BCUT2D eigenvalue weighted by atomic mass is 19.1. The van der Waals surface area contributed by atoms with Crippen molar-refractivity contribution in [3.63, 3.8) is 0 Å². The van der Waals surface area contributed by atoms with Crippen molar-refractivity contribution in [2.24, 2.45) is 6.98 Å². The maximum absolute atomic E-state index is 14.0. The molecule has 0 bridgehead atoms. The third kappa shape index (κ3) is 4.05. The normalized spacial score (nSPS) is 27.8. The van der Waals surface area contributed by atoms with Crippen molar-refractivity contribution in [1.29, 1.82) is 0 Å². The van der Waals surface area contributed by atoms with Crippen molar-refractivity contribution in [2.75, 3.05) is 19.5 Å². The van der Waals surface area contributed by atoms with E-state index in [1.54, 1.807) is 12.1 Å². The van der Waals surface area contributed by atoms with Crippen LogP contribution in [-0.4, -0.2) is 67.4 Å². The van der Waals surface area contributed by atoms with Gasteiger partial charge in [-0.1, -0.05) is 0 Å². The molecule has 13 nitrogen and oxygen atoms in total. The van der Waals surface area contributed by atoms with Crippen molar-refractivity contribution in [1.82, 2.24) is 34.2 Å². The average molecular weight is 557 g/mol. The molecular formula is C26H29FN8O5. The first kappa shape index (κ1) is 21.3. The Morgan fingerprint density at radius 3 is 2.73 bits per heavy atom. The van der Waals surface area contributed by atoms with Gasteiger partial charge in [0.25, 0.3) is 0 Å². The SMILES string of the molecule is [2H]C([2H])([2H])n1c(=O)n([C@@H]2CC[C@@]([2H])(NC(=O)OC)C2)c2cc(Nc3ccc4cnn(C5(C(=O)OC)CC(F)C5)c4n3)ncc21. The number of amides is 1. The number of aryl methyl sites for hydroxylation is 1. The first-order chi connectivity index (χ1) is 20.8. The number of rotatable bonds is 6. The molecule has 0 radical (unpaired) electrons. The number of anilines is 2. The Morgan fingerprint density at radius 1 is 1.18 bits per heavy atom. The van der Waals surface area contributed by atoms with E-state index in [0.29, 0.717) is 27.8 Å². The van der Waals surface area contributed by atoms with Crippen LogP contribution in [0.2, 0.25) is 0 Å². The molecule has 2 fully saturated rings. The van der Waals surface area contributed by atoms with Gasteiger partial charge in [0.1, 0.15) is 17.8 Å². The molecule has 6 rings (SSSR count). The second kappa shape index (κ2) is 9.61. The predicted octanol–water partition coefficient (Wildman–Crippen LogP) is 2.67. The minimum atomic E-state index is -2.81. The lowest BCUT2D eigenvalue weighted by Crippen LogP contribution is -2.54. The van der Waals surface area contributed by atoms with Crippen LogP contribution in [0.3, 0.4) is 0 Å². The molecular weight excluding hydrogens is 523 g/mol. The number of nitrogens with zero attached hydrogens (tertiary/aromatic N) is 6. The summed E-state index contributed by atoms with van der Waals surface area (Å²) in [5.41, 5.74) is -1.47. The number of carbonyl (C=O) groups excluding carboxylic acids is 2. The molecule has 0 unspecified atom stereocenters. The summed E-state index contributed by atoms with van der Waals surface area (Å²) in [4.78, 5) is 46.9. The Hall–Kier alpha value is -4.49. The maximum Gasteiger partial charge on any atom is 0.407 e. The van der Waals surface area contributed by atoms with E-state index in [4.69, 9.17) is 10.2 Å². The van der Waals surface area contributed by atoms with Crippen LogP contribution in [0.25, 0.3) is 22.1 Å². The van der Waals surface area contributed by atoms with Crippen LogP contribution >= 0.6 is 0 Å². The molecule has 0 saturated heterocycles. The first-order valence-corrected chi connectivity index (χ1v) is 12.6. The van der Waals surface area contributed by atoms with Gasteiger partial charge >= 0.3 is 17.8 Å². The summed E-state index contributed by atoms with van der Waals surface area (Å²) >= 11 is 0. The number of halogens is 1. The fourth-order valence-corrected chi connectivity index (χ4v) is 5.60. The van der Waals surface area contributed by atoms with E-state index in [2.05, 4.69) is 30.4 Å². The second-order valence-corrected chi connectivity index (χ2v) is 9.98. The Bertz CT molecular complexity index is 1850. The Labute approximate surface area is 232 Å². The van der Waals surface area contributed by atoms with Gasteiger partial charge in [-0.25, -0.2) is 33.4 Å². The summed E-state index contributed by atoms with van der Waals surface area (Å²) in [6.07, 6.45) is 1.21. The molecule has 40 heavy (non-hydrogen) atoms. The highest BCUT2D eigenvalue weighted by Crippen LogP contribution is 2.43. The van der Waals surface area contributed by atoms with E-state index in [-0.39, 0.29) is 42.5 Å². The van der Waals surface area contributed by atoms with Gasteiger partial charge in [-0.15, -0.1) is 0 Å². The topological polar surface area (TPSA) is 147 Å². The Balaban J connectivity index is 1.38. The lowest BCUT2D eigenvalue weighted by Gasteiger charge is -2.41. The molecule has 2 aliphatic rings. The molecule has 2 N–H and O–H groups in total. The van der Waals surface area contributed by atoms with Crippen molar-refractivity contribution in [2.45, 2.75) is 55.9 Å². The monoisotopic (exact) mass is 556 g/mol. The predicted molar refractivity (Wildman–Crippen MR) is 142 cm³/mol. The molecule has 2 aliphatic carbocycles. The van der Waals surface area contributed by atoms with E-state index < -0.39 is 48.5 Å². The number of ether oxygens (including phenoxy) is 2. The molecule has 2 saturated carbocycles. The van der Waals surface area contributed by atoms with Gasteiger partial charge in [-0.2, -0.15) is 5.10 Å². The summed E-state index contributed by atoms with van der Waals surface area (Å²) in [5, 5.41) is 10.4. The van der Waals surface area contributed by atoms with E-state index in [9.17, 15) is 18.8 Å². The summed E-state index contributed by atoms with van der Waals surface area (Å²) in [6.45, 7) is -2.81. The van der Waals surface area contributed by atoms with E-state index >= 15 is 0 Å². The van der Waals surface area contributed by atoms with E-state index in [1.807, 2.05) is 0 Å². The van der Waals surface area contributed by atoms with Crippen LogP contribution in [0.1, 0.15) is 43.6 Å². The van der Waals surface area contributed by atoms with Crippen LogP contribution in [0, 0.1) is 0 Å². The lowest BCUT2D eigenvalue weighted by molar-refractivity contribution is -0.161. The number of alkyl carbamates (subject to hydrolysis) is 1. The lowest BCUT2D eigenvalue weighted by atomic mass is 9.75. The van der Waals surface area contributed by atoms with Crippen molar-refractivity contribution in [3.05, 3.63) is 41.1 Å². The summed E-state index contributed by atoms with van der Waals surface area (Å²) in [7, 11) is 2.42. The fourth-order valence-electron chi connectivity index (χ4n) is 5.60. The number of nitrogens with one attached hydrogen (secondary N) is 2. The van der Waals surface area contributed by atoms with Crippen LogP contribution < -0.4 is 16.3 Å². The molecule has 210 valence electrons. The number of methoxy groups -OCH3 is 2. The molecule has 4 aromatic rings. The van der Waals surface area contributed by atoms with Crippen molar-refractivity contribution >= 4 is 45.8 Å². The highest BCUT2D eigenvalue weighted by molar-refractivity contribution is 5.85. The molecule has 4 aromatic heterocycles. The number of imidazole rings is 1. The van der Waals surface area contributed by atoms with Gasteiger partial charge in [-0.05, 0) is 31.4 Å². The quantitative estimate of drug-likeness (QED) is 0.342. The number of alkyl halides is 1. The first-order valence-electron chi connectivity index (χ1n) is 14.6. The molecule has 14 heteroatoms. The summed E-state index contributed by atoms with van der Waals surface area (Å²) in [6, 6.07) is 2.86. The molecule has 2 atom stereocenters. The molecule has 0 aromatic carbocycles.